The highest BCUT2D eigenvalue weighted by Gasteiger charge is 2.37. The van der Waals surface area contributed by atoms with Gasteiger partial charge in [0.15, 0.2) is 5.78 Å². The molecule has 17 heavy (non-hydrogen) atoms. The van der Waals surface area contributed by atoms with Crippen LogP contribution in [-0.4, -0.2) is 24.0 Å². The van der Waals surface area contributed by atoms with Crippen LogP contribution in [0.3, 0.4) is 0 Å². The number of carbonyl (C=O) groups is 3. The molecular formula is C12H10BrNO3. The summed E-state index contributed by atoms with van der Waals surface area (Å²) in [5.74, 6) is -1.26. The van der Waals surface area contributed by atoms with Crippen molar-refractivity contribution in [3.8, 4) is 0 Å². The second kappa shape index (κ2) is 4.41. The number of nitrogens with zero attached hydrogens (tertiary/aromatic N) is 1. The van der Waals surface area contributed by atoms with Crippen molar-refractivity contribution in [2.24, 2.45) is 0 Å². The van der Waals surface area contributed by atoms with Gasteiger partial charge in [0.05, 0.1) is 17.8 Å². The van der Waals surface area contributed by atoms with Gasteiger partial charge in [0.25, 0.3) is 11.7 Å². The second-order valence-corrected chi connectivity index (χ2v) is 4.60. The molecule has 0 bridgehead atoms. The largest absolute Gasteiger partial charge is 0.299 e. The minimum absolute atomic E-state index is 0.0450. The number of hydrogen-bond donors (Lipinski definition) is 0. The fourth-order valence-electron chi connectivity index (χ4n) is 1.75. The van der Waals surface area contributed by atoms with E-state index in [4.69, 9.17) is 0 Å². The number of amides is 1. The Morgan fingerprint density at radius 1 is 1.35 bits per heavy atom. The number of halogens is 1. The van der Waals surface area contributed by atoms with Crippen molar-refractivity contribution >= 4 is 39.1 Å². The molecule has 0 aromatic heterocycles. The molecule has 0 aliphatic carbocycles. The lowest BCUT2D eigenvalue weighted by molar-refractivity contribution is -0.120. The first-order valence-electron chi connectivity index (χ1n) is 5.22. The maximum absolute atomic E-state index is 11.8. The van der Waals surface area contributed by atoms with Crippen molar-refractivity contribution in [1.29, 1.82) is 0 Å². The third-order valence-corrected chi connectivity index (χ3v) is 3.31. The maximum atomic E-state index is 11.8. The summed E-state index contributed by atoms with van der Waals surface area (Å²) < 4.78 is 0.651. The number of anilines is 1. The normalized spacial score (nSPS) is 14.1. The lowest BCUT2D eigenvalue weighted by Crippen LogP contribution is -2.34. The van der Waals surface area contributed by atoms with Crippen molar-refractivity contribution in [3.05, 3.63) is 28.2 Å². The molecule has 0 saturated carbocycles. The molecule has 0 saturated heterocycles. The molecule has 1 aliphatic rings. The van der Waals surface area contributed by atoms with Crippen LogP contribution in [0.1, 0.15) is 23.7 Å². The van der Waals surface area contributed by atoms with Gasteiger partial charge in [-0.1, -0.05) is 13.0 Å². The topological polar surface area (TPSA) is 54.5 Å². The zero-order valence-corrected chi connectivity index (χ0v) is 10.8. The lowest BCUT2D eigenvalue weighted by atomic mass is 10.1. The van der Waals surface area contributed by atoms with Gasteiger partial charge in [0.2, 0.25) is 0 Å². The van der Waals surface area contributed by atoms with E-state index in [2.05, 4.69) is 15.9 Å². The molecule has 88 valence electrons. The van der Waals surface area contributed by atoms with Gasteiger partial charge in [-0.25, -0.2) is 0 Å². The summed E-state index contributed by atoms with van der Waals surface area (Å²) in [4.78, 5) is 36.1. The fourth-order valence-corrected chi connectivity index (χ4v) is 2.33. The Bertz CT molecular complexity index is 524. The fraction of sp³-hybridized carbons (Fsp3) is 0.250. The predicted molar refractivity (Wildman–Crippen MR) is 66.1 cm³/mol. The second-order valence-electron chi connectivity index (χ2n) is 3.75. The number of hydrogen-bond acceptors (Lipinski definition) is 3. The zero-order valence-electron chi connectivity index (χ0n) is 9.20. The average molecular weight is 296 g/mol. The predicted octanol–water partition coefficient (Wildman–Crippen LogP) is 1.96. The molecule has 5 heteroatoms. The first-order valence-corrected chi connectivity index (χ1v) is 6.02. The molecule has 1 aliphatic heterocycles. The van der Waals surface area contributed by atoms with E-state index in [1.165, 1.54) is 4.90 Å². The van der Waals surface area contributed by atoms with Crippen LogP contribution >= 0.6 is 15.9 Å². The molecule has 0 unspecified atom stereocenters. The highest BCUT2D eigenvalue weighted by Crippen LogP contribution is 2.35. The first kappa shape index (κ1) is 12.0. The van der Waals surface area contributed by atoms with Crippen LogP contribution in [0, 0.1) is 0 Å². The standard InChI is InChI=1S/C12H10BrNO3/c1-2-7(15)6-14-10-8(11(16)12(14)17)4-3-5-9(10)13/h3-5H,2,6H2,1H3. The summed E-state index contributed by atoms with van der Waals surface area (Å²) in [5, 5.41) is 0. The molecule has 1 heterocycles. The molecule has 1 aromatic carbocycles. The molecule has 0 fully saturated rings. The molecular weight excluding hydrogens is 286 g/mol. The third kappa shape index (κ3) is 1.91. The van der Waals surface area contributed by atoms with Crippen LogP contribution in [0.4, 0.5) is 5.69 Å². The third-order valence-electron chi connectivity index (χ3n) is 2.67. The molecule has 1 amide bonds. The Hall–Kier alpha value is -1.49. The van der Waals surface area contributed by atoms with Crippen LogP contribution in [0.25, 0.3) is 0 Å². The van der Waals surface area contributed by atoms with E-state index in [-0.39, 0.29) is 12.3 Å². The molecule has 1 aromatic rings. The Morgan fingerprint density at radius 2 is 2.06 bits per heavy atom. The van der Waals surface area contributed by atoms with Gasteiger partial charge in [-0.3, -0.25) is 19.3 Å². The minimum atomic E-state index is -0.631. The van der Waals surface area contributed by atoms with Crippen molar-refractivity contribution in [2.45, 2.75) is 13.3 Å². The van der Waals surface area contributed by atoms with Crippen molar-refractivity contribution in [3.63, 3.8) is 0 Å². The average Bonchev–Trinajstić information content (AvgIpc) is 2.56. The van der Waals surface area contributed by atoms with Gasteiger partial charge in [-0.05, 0) is 28.1 Å². The van der Waals surface area contributed by atoms with E-state index >= 15 is 0 Å². The number of carbonyl (C=O) groups excluding carboxylic acids is 3. The highest BCUT2D eigenvalue weighted by atomic mass is 79.9. The van der Waals surface area contributed by atoms with Gasteiger partial charge < -0.3 is 0 Å². The molecule has 4 nitrogen and oxygen atoms in total. The Morgan fingerprint density at radius 3 is 2.71 bits per heavy atom. The van der Waals surface area contributed by atoms with Crippen molar-refractivity contribution in [2.75, 3.05) is 11.4 Å². The van der Waals surface area contributed by atoms with Gasteiger partial charge >= 0.3 is 0 Å². The minimum Gasteiger partial charge on any atom is -0.298 e. The number of para-hydroxylation sites is 1. The molecule has 2 rings (SSSR count). The van der Waals surface area contributed by atoms with Gasteiger partial charge in [-0.15, -0.1) is 0 Å². The van der Waals surface area contributed by atoms with Crippen molar-refractivity contribution in [1.82, 2.24) is 0 Å². The van der Waals surface area contributed by atoms with Crippen LogP contribution in [-0.2, 0) is 9.59 Å². The quantitative estimate of drug-likeness (QED) is 0.801. The molecule has 0 spiro atoms. The van der Waals surface area contributed by atoms with Gasteiger partial charge in [-0.2, -0.15) is 0 Å². The number of ketones is 2. The number of benzene rings is 1. The summed E-state index contributed by atoms with van der Waals surface area (Å²) in [7, 11) is 0. The lowest BCUT2D eigenvalue weighted by Gasteiger charge is -2.16. The summed E-state index contributed by atoms with van der Waals surface area (Å²) >= 11 is 3.30. The maximum Gasteiger partial charge on any atom is 0.299 e. The van der Waals surface area contributed by atoms with E-state index < -0.39 is 11.7 Å². The molecule has 0 N–H and O–H groups in total. The highest BCUT2D eigenvalue weighted by molar-refractivity contribution is 9.10. The van der Waals surface area contributed by atoms with E-state index in [1.54, 1.807) is 25.1 Å². The van der Waals surface area contributed by atoms with E-state index in [9.17, 15) is 14.4 Å². The van der Waals surface area contributed by atoms with Gasteiger partial charge in [0.1, 0.15) is 0 Å². The Kier molecular flexibility index (Phi) is 3.11. The van der Waals surface area contributed by atoms with Crippen LogP contribution in [0.5, 0.6) is 0 Å². The van der Waals surface area contributed by atoms with Crippen molar-refractivity contribution < 1.29 is 14.4 Å². The monoisotopic (exact) mass is 295 g/mol. The molecule has 0 radical (unpaired) electrons. The first-order chi connectivity index (χ1) is 8.06. The van der Waals surface area contributed by atoms with Crippen LogP contribution < -0.4 is 4.90 Å². The summed E-state index contributed by atoms with van der Waals surface area (Å²) in [6.07, 6.45) is 0.345. The van der Waals surface area contributed by atoms with Crippen LogP contribution in [0.2, 0.25) is 0 Å². The number of rotatable bonds is 3. The molecule has 0 atom stereocenters. The Balaban J connectivity index is 2.47. The van der Waals surface area contributed by atoms with E-state index in [1.807, 2.05) is 0 Å². The number of fused-ring (bicyclic) bond motifs is 1. The zero-order chi connectivity index (χ0) is 12.6. The summed E-state index contributed by atoms with van der Waals surface area (Å²) in [6, 6.07) is 5.03. The summed E-state index contributed by atoms with van der Waals surface area (Å²) in [5.41, 5.74) is 0.859. The van der Waals surface area contributed by atoms with E-state index in [0.717, 1.165) is 0 Å². The SMILES string of the molecule is CCC(=O)CN1C(=O)C(=O)c2cccc(Br)c21. The van der Waals surface area contributed by atoms with E-state index in [0.29, 0.717) is 22.1 Å². The smallest absolute Gasteiger partial charge is 0.298 e. The number of Topliss-reactive ketones (excluding diaryl/α,β-unsaturated/α-hetero) is 2. The van der Waals surface area contributed by atoms with Gasteiger partial charge in [0, 0.05) is 10.9 Å². The Labute approximate surface area is 107 Å². The van der Waals surface area contributed by atoms with Crippen LogP contribution in [0.15, 0.2) is 22.7 Å². The summed E-state index contributed by atoms with van der Waals surface area (Å²) in [6.45, 7) is 1.68.